The number of halogens is 2. The second-order valence-corrected chi connectivity index (χ2v) is 5.32. The van der Waals surface area contributed by atoms with E-state index in [1.54, 1.807) is 24.3 Å². The van der Waals surface area contributed by atoms with Crippen molar-refractivity contribution < 1.29 is 18.7 Å². The number of hydrogen-bond donors (Lipinski definition) is 1. The van der Waals surface area contributed by atoms with Gasteiger partial charge in [-0.25, -0.2) is 4.39 Å². The SMILES string of the molecule is O=C1CN(C(=O)COc2ccc(F)c(Cl)c2)c2ccccc2N1. The van der Waals surface area contributed by atoms with Crippen LogP contribution in [0, 0.1) is 5.82 Å². The summed E-state index contributed by atoms with van der Waals surface area (Å²) in [6.45, 7) is -0.368. The Morgan fingerprint density at radius 2 is 2.09 bits per heavy atom. The molecule has 0 saturated heterocycles. The van der Waals surface area contributed by atoms with E-state index in [1.807, 2.05) is 0 Å². The molecule has 2 aromatic carbocycles. The van der Waals surface area contributed by atoms with Crippen molar-refractivity contribution in [2.24, 2.45) is 0 Å². The first-order valence-electron chi connectivity index (χ1n) is 6.81. The van der Waals surface area contributed by atoms with Crippen molar-refractivity contribution in [2.45, 2.75) is 0 Å². The quantitative estimate of drug-likeness (QED) is 0.939. The minimum atomic E-state index is -0.563. The zero-order chi connectivity index (χ0) is 16.4. The second-order valence-electron chi connectivity index (χ2n) is 4.91. The Labute approximate surface area is 136 Å². The fourth-order valence-electron chi connectivity index (χ4n) is 2.25. The van der Waals surface area contributed by atoms with Gasteiger partial charge in [0.15, 0.2) is 6.61 Å². The molecule has 5 nitrogen and oxygen atoms in total. The van der Waals surface area contributed by atoms with Crippen LogP contribution in [0.3, 0.4) is 0 Å². The van der Waals surface area contributed by atoms with Crippen LogP contribution in [0.25, 0.3) is 0 Å². The molecule has 3 rings (SSSR count). The number of hydrogen-bond acceptors (Lipinski definition) is 3. The Hall–Kier alpha value is -2.60. The van der Waals surface area contributed by atoms with Crippen LogP contribution in [0.2, 0.25) is 5.02 Å². The zero-order valence-corrected chi connectivity index (χ0v) is 12.6. The van der Waals surface area contributed by atoms with Crippen molar-refractivity contribution in [3.8, 4) is 5.75 Å². The van der Waals surface area contributed by atoms with Gasteiger partial charge >= 0.3 is 0 Å². The summed E-state index contributed by atoms with van der Waals surface area (Å²) in [5, 5.41) is 2.61. The molecule has 2 amide bonds. The van der Waals surface area contributed by atoms with Gasteiger partial charge in [-0.05, 0) is 24.3 Å². The molecular weight excluding hydrogens is 323 g/mol. The molecule has 1 aliphatic heterocycles. The molecule has 0 saturated carbocycles. The van der Waals surface area contributed by atoms with Crippen molar-refractivity contribution in [1.29, 1.82) is 0 Å². The Morgan fingerprint density at radius 1 is 1.30 bits per heavy atom. The number of nitrogens with zero attached hydrogens (tertiary/aromatic N) is 1. The monoisotopic (exact) mass is 334 g/mol. The van der Waals surface area contributed by atoms with Gasteiger partial charge in [0.2, 0.25) is 5.91 Å². The highest BCUT2D eigenvalue weighted by molar-refractivity contribution is 6.30. The highest BCUT2D eigenvalue weighted by Gasteiger charge is 2.26. The predicted molar refractivity (Wildman–Crippen MR) is 84.3 cm³/mol. The van der Waals surface area contributed by atoms with E-state index < -0.39 is 5.82 Å². The molecule has 1 aliphatic rings. The number of amides is 2. The highest BCUT2D eigenvalue weighted by Crippen LogP contribution is 2.29. The van der Waals surface area contributed by atoms with E-state index in [1.165, 1.54) is 17.0 Å². The third kappa shape index (κ3) is 3.27. The average Bonchev–Trinajstić information content (AvgIpc) is 2.54. The average molecular weight is 335 g/mol. The Bertz CT molecular complexity index is 782. The summed E-state index contributed by atoms with van der Waals surface area (Å²) in [5.41, 5.74) is 1.18. The Kier molecular flexibility index (Phi) is 4.16. The molecule has 0 aliphatic carbocycles. The van der Waals surface area contributed by atoms with Crippen LogP contribution in [0.5, 0.6) is 5.75 Å². The van der Waals surface area contributed by atoms with E-state index in [-0.39, 0.29) is 35.7 Å². The van der Waals surface area contributed by atoms with Gasteiger partial charge in [0.1, 0.15) is 18.1 Å². The molecule has 23 heavy (non-hydrogen) atoms. The number of carbonyl (C=O) groups excluding carboxylic acids is 2. The van der Waals surface area contributed by atoms with Gasteiger partial charge < -0.3 is 10.1 Å². The van der Waals surface area contributed by atoms with Crippen molar-refractivity contribution in [1.82, 2.24) is 0 Å². The summed E-state index contributed by atoms with van der Waals surface area (Å²) in [4.78, 5) is 25.4. The molecule has 0 fully saturated rings. The number of nitrogens with one attached hydrogen (secondary N) is 1. The third-order valence-electron chi connectivity index (χ3n) is 3.33. The molecule has 0 atom stereocenters. The third-order valence-corrected chi connectivity index (χ3v) is 3.61. The summed E-state index contributed by atoms with van der Waals surface area (Å²) in [6, 6.07) is 10.8. The maximum Gasteiger partial charge on any atom is 0.265 e. The smallest absolute Gasteiger partial charge is 0.265 e. The van der Waals surface area contributed by atoms with E-state index in [0.717, 1.165) is 6.07 Å². The molecule has 118 valence electrons. The minimum absolute atomic E-state index is 0.0800. The van der Waals surface area contributed by atoms with Crippen LogP contribution in [-0.2, 0) is 9.59 Å². The van der Waals surface area contributed by atoms with Gasteiger partial charge in [-0.15, -0.1) is 0 Å². The van der Waals surface area contributed by atoms with E-state index in [9.17, 15) is 14.0 Å². The number of para-hydroxylation sites is 2. The molecule has 0 aromatic heterocycles. The number of fused-ring (bicyclic) bond motifs is 1. The van der Waals surface area contributed by atoms with E-state index in [4.69, 9.17) is 16.3 Å². The van der Waals surface area contributed by atoms with Gasteiger partial charge in [-0.2, -0.15) is 0 Å². The molecule has 1 heterocycles. The van der Waals surface area contributed by atoms with E-state index in [0.29, 0.717) is 11.4 Å². The topological polar surface area (TPSA) is 58.6 Å². The first-order valence-corrected chi connectivity index (χ1v) is 7.19. The highest BCUT2D eigenvalue weighted by atomic mass is 35.5. The molecule has 0 unspecified atom stereocenters. The van der Waals surface area contributed by atoms with Crippen LogP contribution in [0.15, 0.2) is 42.5 Å². The summed E-state index contributed by atoms with van der Waals surface area (Å²) in [5.74, 6) is -0.943. The maximum atomic E-state index is 13.1. The molecule has 0 radical (unpaired) electrons. The normalized spacial score (nSPS) is 13.3. The fraction of sp³-hybridized carbons (Fsp3) is 0.125. The minimum Gasteiger partial charge on any atom is -0.484 e. The lowest BCUT2D eigenvalue weighted by Gasteiger charge is -2.29. The van der Waals surface area contributed by atoms with Crippen LogP contribution in [0.4, 0.5) is 15.8 Å². The Balaban J connectivity index is 1.73. The van der Waals surface area contributed by atoms with E-state index >= 15 is 0 Å². The molecule has 0 spiro atoms. The Morgan fingerprint density at radius 3 is 2.87 bits per heavy atom. The van der Waals surface area contributed by atoms with Crippen molar-refractivity contribution in [2.75, 3.05) is 23.4 Å². The lowest BCUT2D eigenvalue weighted by atomic mass is 10.2. The lowest BCUT2D eigenvalue weighted by molar-refractivity contribution is -0.123. The first kappa shape index (κ1) is 15.3. The van der Waals surface area contributed by atoms with Crippen LogP contribution in [0.1, 0.15) is 0 Å². The van der Waals surface area contributed by atoms with Gasteiger partial charge in [-0.1, -0.05) is 23.7 Å². The summed E-state index contributed by atoms with van der Waals surface area (Å²) in [6.07, 6.45) is 0. The largest absolute Gasteiger partial charge is 0.484 e. The number of ether oxygens (including phenoxy) is 1. The summed E-state index contributed by atoms with van der Waals surface area (Å²) in [7, 11) is 0. The van der Waals surface area contributed by atoms with Crippen LogP contribution in [-0.4, -0.2) is 25.0 Å². The molecule has 7 heteroatoms. The molecular formula is C16H12ClFN2O3. The van der Waals surface area contributed by atoms with Crippen LogP contribution < -0.4 is 15.0 Å². The number of rotatable bonds is 3. The number of benzene rings is 2. The standard InChI is InChI=1S/C16H12ClFN2O3/c17-11-7-10(5-6-12(11)18)23-9-16(22)20-8-15(21)19-13-3-1-2-4-14(13)20/h1-7H,8-9H2,(H,19,21). The van der Waals surface area contributed by atoms with Gasteiger partial charge in [0.05, 0.1) is 16.4 Å². The predicted octanol–water partition coefficient (Wildman–Crippen LogP) is 2.84. The maximum absolute atomic E-state index is 13.1. The molecule has 0 bridgehead atoms. The van der Waals surface area contributed by atoms with Crippen molar-refractivity contribution >= 4 is 34.8 Å². The zero-order valence-electron chi connectivity index (χ0n) is 11.9. The lowest BCUT2D eigenvalue weighted by Crippen LogP contribution is -2.44. The van der Waals surface area contributed by atoms with Crippen molar-refractivity contribution in [3.63, 3.8) is 0 Å². The van der Waals surface area contributed by atoms with Gasteiger partial charge in [0.25, 0.3) is 5.91 Å². The molecule has 2 aromatic rings. The van der Waals surface area contributed by atoms with Gasteiger partial charge in [-0.3, -0.25) is 14.5 Å². The first-order chi connectivity index (χ1) is 11.0. The van der Waals surface area contributed by atoms with E-state index in [2.05, 4.69) is 5.32 Å². The van der Waals surface area contributed by atoms with Crippen molar-refractivity contribution in [3.05, 3.63) is 53.3 Å². The van der Waals surface area contributed by atoms with Gasteiger partial charge in [0, 0.05) is 6.07 Å². The second kappa shape index (κ2) is 6.26. The summed E-state index contributed by atoms with van der Waals surface area (Å²) >= 11 is 5.66. The number of anilines is 2. The molecule has 1 N–H and O–H groups in total. The number of carbonyl (C=O) groups is 2. The fourth-order valence-corrected chi connectivity index (χ4v) is 2.42. The summed E-state index contributed by atoms with van der Waals surface area (Å²) < 4.78 is 18.4. The van der Waals surface area contributed by atoms with Crippen LogP contribution >= 0.6 is 11.6 Å².